The van der Waals surface area contributed by atoms with E-state index >= 15 is 0 Å². The zero-order valence-corrected chi connectivity index (χ0v) is 43.0. The normalized spacial score (nSPS) is 13.6. The Labute approximate surface area is 415 Å². The molecule has 7 aromatic carbocycles. The van der Waals surface area contributed by atoms with Crippen LogP contribution in [0.4, 0.5) is 32.8 Å². The van der Waals surface area contributed by atoms with Crippen LogP contribution >= 0.6 is 45.3 Å². The Morgan fingerprint density at radius 3 is 1.28 bits per heavy atom. The van der Waals surface area contributed by atoms with E-state index in [0.29, 0.717) is 5.92 Å². The van der Waals surface area contributed by atoms with Gasteiger partial charge in [-0.2, -0.15) is 0 Å². The summed E-state index contributed by atoms with van der Waals surface area (Å²) in [6.45, 7) is 18.8. The van der Waals surface area contributed by atoms with Crippen LogP contribution in [0.5, 0.6) is 0 Å². The Morgan fingerprint density at radius 2 is 0.868 bits per heavy atom. The van der Waals surface area contributed by atoms with Gasteiger partial charge < -0.3 is 9.80 Å². The Balaban J connectivity index is 1.10. The molecule has 2 aliphatic rings. The van der Waals surface area contributed by atoms with Crippen molar-refractivity contribution in [2.45, 2.75) is 72.1 Å². The van der Waals surface area contributed by atoms with Gasteiger partial charge in [0, 0.05) is 63.4 Å². The van der Waals surface area contributed by atoms with Crippen LogP contribution in [0.15, 0.2) is 156 Å². The van der Waals surface area contributed by atoms with E-state index in [1.54, 1.807) is 0 Å². The molecule has 6 heterocycles. The molecule has 0 spiro atoms. The maximum Gasteiger partial charge on any atom is 0.256 e. The lowest BCUT2D eigenvalue weighted by Crippen LogP contribution is -2.60. The Hall–Kier alpha value is -5.96. The lowest BCUT2D eigenvalue weighted by atomic mass is 9.33. The van der Waals surface area contributed by atoms with Gasteiger partial charge in [0.25, 0.3) is 6.71 Å². The molecule has 13 rings (SSSR count). The molecule has 332 valence electrons. The minimum absolute atomic E-state index is 0.000933. The van der Waals surface area contributed by atoms with E-state index in [1.807, 2.05) is 45.3 Å². The van der Waals surface area contributed by atoms with Crippen LogP contribution in [0, 0.1) is 0 Å². The second-order valence-electron chi connectivity index (χ2n) is 21.2. The minimum atomic E-state index is 0.000933. The third kappa shape index (κ3) is 6.46. The fourth-order valence-corrected chi connectivity index (χ4v) is 15.3. The number of thiophene rings is 4. The lowest BCUT2D eigenvalue weighted by molar-refractivity contribution is 0.591. The Morgan fingerprint density at radius 1 is 0.441 bits per heavy atom. The van der Waals surface area contributed by atoms with Gasteiger partial charge >= 0.3 is 0 Å². The molecule has 0 aliphatic carbocycles. The predicted octanol–water partition coefficient (Wildman–Crippen LogP) is 17.7. The molecule has 2 aliphatic heterocycles. The van der Waals surface area contributed by atoms with Gasteiger partial charge in [-0.1, -0.05) is 140 Å². The monoisotopic (exact) mass is 950 g/mol. The van der Waals surface area contributed by atoms with Crippen LogP contribution in [0.3, 0.4) is 0 Å². The molecule has 4 aromatic heterocycles. The molecule has 11 aromatic rings. The molecule has 0 saturated carbocycles. The molecule has 0 N–H and O–H groups in total. The van der Waals surface area contributed by atoms with Gasteiger partial charge in [-0.25, -0.2) is 0 Å². The third-order valence-corrected chi connectivity index (χ3v) is 18.8. The molecule has 0 saturated heterocycles. The van der Waals surface area contributed by atoms with Crippen molar-refractivity contribution in [2.24, 2.45) is 0 Å². The number of fused-ring (bicyclic) bond motifs is 10. The number of anilines is 6. The zero-order valence-electron chi connectivity index (χ0n) is 39.7. The smallest absolute Gasteiger partial charge is 0.256 e. The van der Waals surface area contributed by atoms with Crippen LogP contribution in [0.2, 0.25) is 0 Å². The fourth-order valence-electron chi connectivity index (χ4n) is 10.8. The summed E-state index contributed by atoms with van der Waals surface area (Å²) in [7, 11) is 0. The van der Waals surface area contributed by atoms with Crippen molar-refractivity contribution in [1.82, 2.24) is 0 Å². The summed E-state index contributed by atoms with van der Waals surface area (Å²) in [6, 6.07) is 56.2. The van der Waals surface area contributed by atoms with Crippen molar-refractivity contribution in [3.8, 4) is 22.3 Å². The number of rotatable bonds is 5. The first-order valence-electron chi connectivity index (χ1n) is 23.9. The molecule has 0 radical (unpaired) electrons. The van der Waals surface area contributed by atoms with Crippen molar-refractivity contribution in [1.29, 1.82) is 0 Å². The lowest BCUT2D eigenvalue weighted by Gasteiger charge is -2.42. The molecule has 2 nitrogen and oxygen atoms in total. The van der Waals surface area contributed by atoms with Crippen LogP contribution < -0.4 is 26.2 Å². The van der Waals surface area contributed by atoms with Gasteiger partial charge in [0.1, 0.15) is 0 Å². The molecule has 0 unspecified atom stereocenters. The van der Waals surface area contributed by atoms with Crippen molar-refractivity contribution < 1.29 is 0 Å². The van der Waals surface area contributed by atoms with Gasteiger partial charge in [-0.05, 0) is 143 Å². The average Bonchev–Trinajstić information content (AvgIpc) is 4.14. The molecular formula is C61H51BN2S4. The summed E-state index contributed by atoms with van der Waals surface area (Å²) >= 11 is 7.57. The van der Waals surface area contributed by atoms with Crippen LogP contribution in [-0.4, -0.2) is 6.71 Å². The van der Waals surface area contributed by atoms with Crippen molar-refractivity contribution >= 4 is 142 Å². The summed E-state index contributed by atoms with van der Waals surface area (Å²) in [4.78, 5) is 5.27. The summed E-state index contributed by atoms with van der Waals surface area (Å²) in [5.74, 6) is 0.318. The van der Waals surface area contributed by atoms with Crippen molar-refractivity contribution in [3.63, 3.8) is 0 Å². The molecule has 0 fully saturated rings. The van der Waals surface area contributed by atoms with Gasteiger partial charge in [-0.15, -0.1) is 45.3 Å². The number of nitrogens with zero attached hydrogens (tertiary/aromatic N) is 2. The highest BCUT2D eigenvalue weighted by atomic mass is 32.1. The average molecular weight is 951 g/mol. The molecule has 0 bridgehead atoms. The second-order valence-corrected chi connectivity index (χ2v) is 25.1. The van der Waals surface area contributed by atoms with Crippen LogP contribution in [0.1, 0.15) is 78.0 Å². The first kappa shape index (κ1) is 42.2. The zero-order chi connectivity index (χ0) is 46.4. The minimum Gasteiger partial charge on any atom is -0.303 e. The highest BCUT2D eigenvalue weighted by molar-refractivity contribution is 7.29. The van der Waals surface area contributed by atoms with E-state index in [0.717, 1.165) is 0 Å². The first-order chi connectivity index (χ1) is 32.8. The highest BCUT2D eigenvalue weighted by Crippen LogP contribution is 2.52. The Bertz CT molecular complexity index is 3570. The molecule has 68 heavy (non-hydrogen) atoms. The van der Waals surface area contributed by atoms with E-state index in [1.165, 1.54) is 128 Å². The summed E-state index contributed by atoms with van der Waals surface area (Å²) in [6.07, 6.45) is 0. The third-order valence-electron chi connectivity index (χ3n) is 14.6. The van der Waals surface area contributed by atoms with E-state index < -0.39 is 0 Å². The summed E-state index contributed by atoms with van der Waals surface area (Å²) in [5.41, 5.74) is 18.4. The van der Waals surface area contributed by atoms with Gasteiger partial charge in [0.05, 0.1) is 10.0 Å². The summed E-state index contributed by atoms with van der Waals surface area (Å²) in [5, 5.41) is 12.7. The van der Waals surface area contributed by atoms with E-state index in [9.17, 15) is 0 Å². The van der Waals surface area contributed by atoms with Crippen LogP contribution in [0.25, 0.3) is 62.6 Å². The number of hydrogen-bond donors (Lipinski definition) is 0. The first-order valence-corrected chi connectivity index (χ1v) is 27.2. The van der Waals surface area contributed by atoms with Crippen molar-refractivity contribution in [3.05, 3.63) is 173 Å². The topological polar surface area (TPSA) is 6.48 Å². The Kier molecular flexibility index (Phi) is 9.47. The highest BCUT2D eigenvalue weighted by Gasteiger charge is 2.47. The van der Waals surface area contributed by atoms with E-state index in [2.05, 4.69) is 222 Å². The standard InChI is InChI=1S/C61H51BN2S4/c1-35(2)38-29-49-57-50(30-38)64(42-25-19-37(20-26-42)48-34-66-52-16-12-10-14-44(48)52)59-56(46-32-40(61(6,7)8)22-28-54(46)68-59)62(57)55-45-31-39(60(3,4)5)21-27-53(45)67-58(55)63(49)41-23-17-36(18-24-41)47-33-65-51-15-11-9-13-43(47)51/h9-35H,1-8H3. The number of hydrogen-bond acceptors (Lipinski definition) is 6. The molecule has 7 heteroatoms. The molecule has 0 amide bonds. The van der Waals surface area contributed by atoms with Gasteiger partial charge in [0.15, 0.2) is 0 Å². The van der Waals surface area contributed by atoms with Gasteiger partial charge in [0.2, 0.25) is 0 Å². The van der Waals surface area contributed by atoms with E-state index in [4.69, 9.17) is 0 Å². The fraction of sp³-hybridized carbons (Fsp3) is 0.180. The predicted molar refractivity (Wildman–Crippen MR) is 304 cm³/mol. The quantitative estimate of drug-likeness (QED) is 0.159. The maximum absolute atomic E-state index is 2.64. The second kappa shape index (κ2) is 15.3. The largest absolute Gasteiger partial charge is 0.303 e. The van der Waals surface area contributed by atoms with Crippen LogP contribution in [-0.2, 0) is 10.8 Å². The van der Waals surface area contributed by atoms with E-state index in [-0.39, 0.29) is 17.5 Å². The molecule has 0 atom stereocenters. The van der Waals surface area contributed by atoms with Crippen molar-refractivity contribution in [2.75, 3.05) is 9.80 Å². The SMILES string of the molecule is CC(C)c1cc2c3c(c1)N(c1ccc(-c4csc5ccccc45)cc1)c1sc4ccc(C(C)(C)C)cc4c1B3c1c(sc3ccc(C(C)(C)C)cc13)N2c1ccc(-c2csc3ccccc23)cc1. The number of benzene rings is 7. The summed E-state index contributed by atoms with van der Waals surface area (Å²) < 4.78 is 5.32. The maximum atomic E-state index is 2.64. The molecular weight excluding hydrogens is 900 g/mol. The van der Waals surface area contributed by atoms with Gasteiger partial charge in [-0.3, -0.25) is 0 Å².